The zero-order valence-corrected chi connectivity index (χ0v) is 26.7. The second-order valence-corrected chi connectivity index (χ2v) is 14.6. The molecule has 4 aromatic rings. The third kappa shape index (κ3) is 6.69. The smallest absolute Gasteiger partial charge is 0.0520 e. The summed E-state index contributed by atoms with van der Waals surface area (Å²) in [6.07, 6.45) is 0.913. The lowest BCUT2D eigenvalue weighted by Gasteiger charge is -2.31. The third-order valence-electron chi connectivity index (χ3n) is 7.97. The molecule has 0 radical (unpaired) electrons. The first kappa shape index (κ1) is 29.7. The SMILES string of the molecule is Cc1cc(C(C)(C)C)cc(C)c1N(c1ccc(C(C)(C)C)cc1)c1cccc(Cc2ccc(C(C)(C)C)cc2)c1. The van der Waals surface area contributed by atoms with Crippen LogP contribution in [0.1, 0.15) is 101 Å². The Morgan fingerprint density at radius 2 is 0.950 bits per heavy atom. The van der Waals surface area contributed by atoms with Gasteiger partial charge in [0, 0.05) is 11.4 Å². The van der Waals surface area contributed by atoms with E-state index in [0.717, 1.165) is 6.42 Å². The lowest BCUT2D eigenvalue weighted by molar-refractivity contribution is 0.589. The minimum atomic E-state index is 0.107. The maximum absolute atomic E-state index is 2.45. The molecular formula is C39H49N. The molecule has 40 heavy (non-hydrogen) atoms. The van der Waals surface area contributed by atoms with E-state index in [1.807, 2.05) is 0 Å². The molecule has 0 aliphatic rings. The molecule has 0 aliphatic heterocycles. The molecule has 0 heterocycles. The fourth-order valence-corrected chi connectivity index (χ4v) is 5.42. The van der Waals surface area contributed by atoms with Gasteiger partial charge >= 0.3 is 0 Å². The van der Waals surface area contributed by atoms with Crippen molar-refractivity contribution in [2.24, 2.45) is 0 Å². The summed E-state index contributed by atoms with van der Waals surface area (Å²) in [6, 6.07) is 32.1. The summed E-state index contributed by atoms with van der Waals surface area (Å²) < 4.78 is 0. The molecule has 1 nitrogen and oxygen atoms in total. The van der Waals surface area contributed by atoms with Crippen molar-refractivity contribution >= 4 is 17.1 Å². The van der Waals surface area contributed by atoms with Crippen molar-refractivity contribution in [2.45, 2.75) is 98.8 Å². The first-order chi connectivity index (χ1) is 18.5. The van der Waals surface area contributed by atoms with Crippen LogP contribution < -0.4 is 4.90 Å². The summed E-state index contributed by atoms with van der Waals surface area (Å²) >= 11 is 0. The van der Waals surface area contributed by atoms with Crippen molar-refractivity contribution in [3.05, 3.63) is 124 Å². The maximum atomic E-state index is 2.45. The number of nitrogens with zero attached hydrogens (tertiary/aromatic N) is 1. The lowest BCUT2D eigenvalue weighted by atomic mass is 9.84. The van der Waals surface area contributed by atoms with Gasteiger partial charge in [-0.05, 0) is 99.7 Å². The normalized spacial score (nSPS) is 12.5. The van der Waals surface area contributed by atoms with Crippen LogP contribution in [0.15, 0.2) is 84.9 Å². The monoisotopic (exact) mass is 531 g/mol. The van der Waals surface area contributed by atoms with Crippen molar-refractivity contribution in [2.75, 3.05) is 4.90 Å². The van der Waals surface area contributed by atoms with E-state index in [4.69, 9.17) is 0 Å². The van der Waals surface area contributed by atoms with Crippen LogP contribution in [-0.2, 0) is 22.7 Å². The van der Waals surface area contributed by atoms with Crippen LogP contribution >= 0.6 is 0 Å². The number of hydrogen-bond acceptors (Lipinski definition) is 1. The second-order valence-electron chi connectivity index (χ2n) is 14.6. The highest BCUT2D eigenvalue weighted by molar-refractivity contribution is 5.81. The molecular weight excluding hydrogens is 482 g/mol. The van der Waals surface area contributed by atoms with E-state index < -0.39 is 0 Å². The van der Waals surface area contributed by atoms with E-state index in [9.17, 15) is 0 Å². The Hall–Kier alpha value is -3.32. The number of rotatable bonds is 5. The summed E-state index contributed by atoms with van der Waals surface area (Å²) in [6.45, 7) is 25.0. The average Bonchev–Trinajstić information content (AvgIpc) is 2.85. The van der Waals surface area contributed by atoms with Crippen molar-refractivity contribution in [3.8, 4) is 0 Å². The van der Waals surface area contributed by atoms with E-state index >= 15 is 0 Å². The van der Waals surface area contributed by atoms with Crippen LogP contribution in [0, 0.1) is 13.8 Å². The van der Waals surface area contributed by atoms with Gasteiger partial charge in [0.2, 0.25) is 0 Å². The zero-order valence-electron chi connectivity index (χ0n) is 26.7. The molecule has 0 N–H and O–H groups in total. The fraction of sp³-hybridized carbons (Fsp3) is 0.385. The van der Waals surface area contributed by atoms with Gasteiger partial charge in [0.05, 0.1) is 5.69 Å². The highest BCUT2D eigenvalue weighted by Crippen LogP contribution is 2.41. The molecule has 0 amide bonds. The van der Waals surface area contributed by atoms with Gasteiger partial charge in [-0.2, -0.15) is 0 Å². The molecule has 210 valence electrons. The lowest BCUT2D eigenvalue weighted by Crippen LogP contribution is -2.17. The molecule has 0 unspecified atom stereocenters. The van der Waals surface area contributed by atoms with E-state index in [-0.39, 0.29) is 16.2 Å². The van der Waals surface area contributed by atoms with E-state index in [0.29, 0.717) is 0 Å². The summed E-state index contributed by atoms with van der Waals surface area (Å²) in [5.74, 6) is 0. The summed E-state index contributed by atoms with van der Waals surface area (Å²) in [5, 5.41) is 0. The molecule has 4 aromatic carbocycles. The summed E-state index contributed by atoms with van der Waals surface area (Å²) in [7, 11) is 0. The quantitative estimate of drug-likeness (QED) is 0.247. The van der Waals surface area contributed by atoms with Gasteiger partial charge in [-0.3, -0.25) is 0 Å². The van der Waals surface area contributed by atoms with Gasteiger partial charge in [-0.15, -0.1) is 0 Å². The second kappa shape index (κ2) is 10.9. The van der Waals surface area contributed by atoms with Crippen LogP contribution in [0.4, 0.5) is 17.1 Å². The highest BCUT2D eigenvalue weighted by atomic mass is 15.1. The topological polar surface area (TPSA) is 3.24 Å². The Morgan fingerprint density at radius 1 is 0.475 bits per heavy atom. The fourth-order valence-electron chi connectivity index (χ4n) is 5.42. The molecule has 0 spiro atoms. The summed E-state index contributed by atoms with van der Waals surface area (Å²) in [4.78, 5) is 2.45. The molecule has 0 saturated carbocycles. The predicted molar refractivity (Wildman–Crippen MR) is 176 cm³/mol. The molecule has 0 aromatic heterocycles. The van der Waals surface area contributed by atoms with Crippen LogP contribution in [0.5, 0.6) is 0 Å². The zero-order chi connectivity index (χ0) is 29.5. The van der Waals surface area contributed by atoms with Crippen molar-refractivity contribution in [1.29, 1.82) is 0 Å². The van der Waals surface area contributed by atoms with Gasteiger partial charge in [-0.1, -0.05) is 123 Å². The predicted octanol–water partition coefficient (Wildman–Crippen LogP) is 11.3. The van der Waals surface area contributed by atoms with E-state index in [1.54, 1.807) is 0 Å². The van der Waals surface area contributed by atoms with Gasteiger partial charge < -0.3 is 4.90 Å². The first-order valence-electron chi connectivity index (χ1n) is 14.7. The van der Waals surface area contributed by atoms with E-state index in [2.05, 4.69) is 166 Å². The Labute approximate surface area is 244 Å². The van der Waals surface area contributed by atoms with Gasteiger partial charge in [-0.25, -0.2) is 0 Å². The Kier molecular flexibility index (Phi) is 8.10. The molecule has 0 aliphatic carbocycles. The van der Waals surface area contributed by atoms with Crippen LogP contribution in [0.2, 0.25) is 0 Å². The van der Waals surface area contributed by atoms with Crippen LogP contribution in [-0.4, -0.2) is 0 Å². The van der Waals surface area contributed by atoms with Crippen LogP contribution in [0.25, 0.3) is 0 Å². The van der Waals surface area contributed by atoms with E-state index in [1.165, 1.54) is 56.0 Å². The van der Waals surface area contributed by atoms with Gasteiger partial charge in [0.1, 0.15) is 0 Å². The number of anilines is 3. The Balaban J connectivity index is 1.80. The van der Waals surface area contributed by atoms with Crippen molar-refractivity contribution in [3.63, 3.8) is 0 Å². The maximum Gasteiger partial charge on any atom is 0.0520 e. The van der Waals surface area contributed by atoms with Crippen LogP contribution in [0.3, 0.4) is 0 Å². The molecule has 0 fully saturated rings. The minimum Gasteiger partial charge on any atom is -0.310 e. The Bertz CT molecular complexity index is 1430. The molecule has 0 atom stereocenters. The third-order valence-corrected chi connectivity index (χ3v) is 7.97. The molecule has 4 rings (SSSR count). The number of hydrogen-bond donors (Lipinski definition) is 0. The number of benzene rings is 4. The first-order valence-corrected chi connectivity index (χ1v) is 14.7. The highest BCUT2D eigenvalue weighted by Gasteiger charge is 2.22. The largest absolute Gasteiger partial charge is 0.310 e. The minimum absolute atomic E-state index is 0.107. The van der Waals surface area contributed by atoms with Gasteiger partial charge in [0.15, 0.2) is 0 Å². The van der Waals surface area contributed by atoms with Crippen molar-refractivity contribution in [1.82, 2.24) is 0 Å². The summed E-state index contributed by atoms with van der Waals surface area (Å²) in [5.41, 5.74) is 13.4. The molecule has 0 bridgehead atoms. The molecule has 1 heteroatoms. The average molecular weight is 532 g/mol. The molecule has 0 saturated heterocycles. The number of aryl methyl sites for hydroxylation is 2. The standard InChI is InChI=1S/C39H49N/c1-27-23-33(39(9,10)11)24-28(2)36(27)40(34-21-19-32(20-22-34)38(6,7)8)35-14-12-13-30(26-35)25-29-15-17-31(18-16-29)37(3,4)5/h12-24,26H,25H2,1-11H3. The van der Waals surface area contributed by atoms with Gasteiger partial charge in [0.25, 0.3) is 0 Å². The van der Waals surface area contributed by atoms with Crippen molar-refractivity contribution < 1.29 is 0 Å². The Morgan fingerprint density at radius 3 is 1.43 bits per heavy atom.